The first-order valence-electron chi connectivity index (χ1n) is 9.20. The van der Waals surface area contributed by atoms with Crippen molar-refractivity contribution in [3.8, 4) is 0 Å². The molecule has 0 saturated heterocycles. The summed E-state index contributed by atoms with van der Waals surface area (Å²) >= 11 is 0. The van der Waals surface area contributed by atoms with E-state index in [-0.39, 0.29) is 24.6 Å². The van der Waals surface area contributed by atoms with E-state index >= 15 is 0 Å². The van der Waals surface area contributed by atoms with Crippen molar-refractivity contribution in [2.75, 3.05) is 0 Å². The molecule has 4 heteroatoms. The fraction of sp³-hybridized carbons (Fsp3) is 0.348. The van der Waals surface area contributed by atoms with Gasteiger partial charge in [0.05, 0.1) is 0 Å². The molecule has 3 rings (SSSR count). The predicted octanol–water partition coefficient (Wildman–Crippen LogP) is 3.88. The van der Waals surface area contributed by atoms with Crippen molar-refractivity contribution < 1.29 is 14.0 Å². The van der Waals surface area contributed by atoms with E-state index < -0.39 is 11.3 Å². The highest BCUT2D eigenvalue weighted by atomic mass is 19.1. The highest BCUT2D eigenvalue weighted by molar-refractivity contribution is 6.02. The lowest BCUT2D eigenvalue weighted by atomic mass is 9.89. The van der Waals surface area contributed by atoms with Crippen molar-refractivity contribution in [2.45, 2.75) is 45.6 Å². The summed E-state index contributed by atoms with van der Waals surface area (Å²) in [5.41, 5.74) is 2.90. The molecule has 0 bridgehead atoms. The second-order valence-electron chi connectivity index (χ2n) is 7.87. The van der Waals surface area contributed by atoms with Gasteiger partial charge in [0.15, 0.2) is 5.78 Å². The minimum absolute atomic E-state index is 0.201. The predicted molar refractivity (Wildman–Crippen MR) is 103 cm³/mol. The standard InChI is InChI=1S/C23H24FNO2/c1-14(2)10-21-15(3)6-5-7-20(21)22(27)25-23(16(4)26)12-17-8-9-19(24)11-18(17)13-23/h4-9,11,14H,10,12-13H2,1-3H3,(H,25,27)/t23-/m1/s1. The van der Waals surface area contributed by atoms with Gasteiger partial charge < -0.3 is 5.32 Å². The van der Waals surface area contributed by atoms with Gasteiger partial charge in [-0.25, -0.2) is 4.39 Å². The second kappa shape index (κ2) is 7.26. The first kappa shape index (κ1) is 19.3. The summed E-state index contributed by atoms with van der Waals surface area (Å²) in [5.74, 6) is -0.897. The molecule has 0 unspecified atom stereocenters. The maximum atomic E-state index is 13.6. The molecule has 140 valence electrons. The van der Waals surface area contributed by atoms with Gasteiger partial charge in [0.25, 0.3) is 5.91 Å². The van der Waals surface area contributed by atoms with E-state index in [1.54, 1.807) is 12.1 Å². The number of hydrogen-bond acceptors (Lipinski definition) is 2. The minimum atomic E-state index is -1.23. The average molecular weight is 365 g/mol. The lowest BCUT2D eigenvalue weighted by Gasteiger charge is -2.28. The molecule has 2 radical (unpaired) electrons. The highest BCUT2D eigenvalue weighted by Crippen LogP contribution is 2.32. The zero-order valence-electron chi connectivity index (χ0n) is 15.9. The average Bonchev–Trinajstić information content (AvgIpc) is 2.94. The molecule has 2 aromatic rings. The van der Waals surface area contributed by atoms with E-state index in [0.717, 1.165) is 23.1 Å². The first-order valence-corrected chi connectivity index (χ1v) is 9.20. The van der Waals surface area contributed by atoms with Crippen LogP contribution in [0.5, 0.6) is 0 Å². The van der Waals surface area contributed by atoms with E-state index in [4.69, 9.17) is 6.92 Å². The van der Waals surface area contributed by atoms with Crippen LogP contribution in [-0.4, -0.2) is 17.2 Å². The fourth-order valence-corrected chi connectivity index (χ4v) is 3.85. The summed E-state index contributed by atoms with van der Waals surface area (Å²) in [6, 6.07) is 10.0. The maximum Gasteiger partial charge on any atom is 0.252 e. The third-order valence-corrected chi connectivity index (χ3v) is 5.24. The van der Waals surface area contributed by atoms with Crippen molar-refractivity contribution in [3.05, 3.63) is 77.0 Å². The number of hydrogen-bond donors (Lipinski definition) is 1. The first-order chi connectivity index (χ1) is 12.7. The zero-order valence-corrected chi connectivity index (χ0v) is 15.9. The number of fused-ring (bicyclic) bond motifs is 1. The van der Waals surface area contributed by atoms with Gasteiger partial charge in [-0.15, -0.1) is 0 Å². The summed E-state index contributed by atoms with van der Waals surface area (Å²) in [6.07, 6.45) is 1.24. The zero-order chi connectivity index (χ0) is 19.8. The topological polar surface area (TPSA) is 46.2 Å². The number of Topliss-reactive ketones (excluding diaryl/α,β-unsaturated/α-hetero) is 1. The van der Waals surface area contributed by atoms with Gasteiger partial charge >= 0.3 is 0 Å². The number of rotatable bonds is 5. The summed E-state index contributed by atoms with van der Waals surface area (Å²) < 4.78 is 13.6. The molecular formula is C23H24FNO2. The van der Waals surface area contributed by atoms with Crippen LogP contribution in [0.1, 0.15) is 46.5 Å². The summed E-state index contributed by atoms with van der Waals surface area (Å²) in [4.78, 5) is 25.4. The molecule has 0 fully saturated rings. The van der Waals surface area contributed by atoms with Crippen LogP contribution in [-0.2, 0) is 24.1 Å². The molecule has 1 amide bonds. The number of carbonyl (C=O) groups is 2. The Kier molecular flexibility index (Phi) is 5.18. The van der Waals surface area contributed by atoms with Crippen LogP contribution in [0.2, 0.25) is 0 Å². The van der Waals surface area contributed by atoms with E-state index in [0.29, 0.717) is 17.0 Å². The molecular weight excluding hydrogens is 341 g/mol. The Hall–Kier alpha value is -2.49. The van der Waals surface area contributed by atoms with E-state index in [1.807, 2.05) is 19.1 Å². The van der Waals surface area contributed by atoms with Crippen molar-refractivity contribution in [1.29, 1.82) is 0 Å². The third kappa shape index (κ3) is 3.80. The van der Waals surface area contributed by atoms with Gasteiger partial charge in [-0.05, 0) is 59.7 Å². The normalized spacial score (nSPS) is 18.4. The molecule has 0 aliphatic heterocycles. The Balaban J connectivity index is 1.93. The summed E-state index contributed by atoms with van der Waals surface area (Å²) in [6.45, 7) is 11.9. The number of halogens is 1. The molecule has 27 heavy (non-hydrogen) atoms. The molecule has 3 nitrogen and oxygen atoms in total. The lowest BCUT2D eigenvalue weighted by Crippen LogP contribution is -2.54. The monoisotopic (exact) mass is 365 g/mol. The van der Waals surface area contributed by atoms with Crippen LogP contribution < -0.4 is 5.32 Å². The van der Waals surface area contributed by atoms with Gasteiger partial charge in [-0.3, -0.25) is 9.59 Å². The van der Waals surface area contributed by atoms with Crippen molar-refractivity contribution in [2.24, 2.45) is 5.92 Å². The van der Waals surface area contributed by atoms with Crippen molar-refractivity contribution in [3.63, 3.8) is 0 Å². The number of ketones is 1. The Bertz CT molecular complexity index is 903. The van der Waals surface area contributed by atoms with Crippen molar-refractivity contribution in [1.82, 2.24) is 5.32 Å². The molecule has 0 spiro atoms. The van der Waals surface area contributed by atoms with E-state index in [9.17, 15) is 14.0 Å². The van der Waals surface area contributed by atoms with Crippen LogP contribution >= 0.6 is 0 Å². The Morgan fingerprint density at radius 3 is 2.56 bits per heavy atom. The SMILES string of the molecule is [CH]C(=O)[C@@]1(NC(=O)c2cccc(C)c2CC(C)C)Cc2ccc(F)cc2C1. The maximum absolute atomic E-state index is 13.6. The van der Waals surface area contributed by atoms with Crippen LogP contribution in [0.15, 0.2) is 36.4 Å². The van der Waals surface area contributed by atoms with E-state index in [2.05, 4.69) is 19.2 Å². The third-order valence-electron chi connectivity index (χ3n) is 5.24. The number of amides is 1. The number of benzene rings is 2. The molecule has 0 saturated carbocycles. The van der Waals surface area contributed by atoms with Gasteiger partial charge in [0, 0.05) is 25.3 Å². The Labute approximate surface area is 160 Å². The highest BCUT2D eigenvalue weighted by Gasteiger charge is 2.43. The van der Waals surface area contributed by atoms with Crippen molar-refractivity contribution >= 4 is 11.7 Å². The van der Waals surface area contributed by atoms with Crippen LogP contribution in [0.3, 0.4) is 0 Å². The van der Waals surface area contributed by atoms with Gasteiger partial charge in [0.2, 0.25) is 0 Å². The Morgan fingerprint density at radius 2 is 1.89 bits per heavy atom. The molecule has 2 aromatic carbocycles. The molecule has 1 aliphatic rings. The van der Waals surface area contributed by atoms with Gasteiger partial charge in [-0.1, -0.05) is 32.0 Å². The largest absolute Gasteiger partial charge is 0.339 e. The number of nitrogens with one attached hydrogen (secondary N) is 1. The smallest absolute Gasteiger partial charge is 0.252 e. The Morgan fingerprint density at radius 1 is 1.19 bits per heavy atom. The summed E-state index contributed by atoms with van der Waals surface area (Å²) in [7, 11) is 0. The number of aryl methyl sites for hydroxylation is 1. The van der Waals surface area contributed by atoms with Crippen LogP contribution in [0, 0.1) is 25.6 Å². The quantitative estimate of drug-likeness (QED) is 0.874. The van der Waals surface area contributed by atoms with Crippen LogP contribution in [0.4, 0.5) is 4.39 Å². The van der Waals surface area contributed by atoms with Crippen LogP contribution in [0.25, 0.3) is 0 Å². The molecule has 0 aromatic heterocycles. The van der Waals surface area contributed by atoms with Gasteiger partial charge in [0.1, 0.15) is 11.4 Å². The van der Waals surface area contributed by atoms with Gasteiger partial charge in [-0.2, -0.15) is 0 Å². The fourth-order valence-electron chi connectivity index (χ4n) is 3.85. The minimum Gasteiger partial charge on any atom is -0.339 e. The molecule has 1 N–H and O–H groups in total. The second-order valence-corrected chi connectivity index (χ2v) is 7.87. The molecule has 1 atom stereocenters. The number of carbonyl (C=O) groups excluding carboxylic acids is 2. The summed E-state index contributed by atoms with van der Waals surface area (Å²) in [5, 5.41) is 2.88. The molecule has 0 heterocycles. The molecule has 1 aliphatic carbocycles. The lowest BCUT2D eigenvalue weighted by molar-refractivity contribution is -0.120. The van der Waals surface area contributed by atoms with E-state index in [1.165, 1.54) is 12.1 Å².